The Morgan fingerprint density at radius 1 is 1.44 bits per heavy atom. The molecule has 2 N–H and O–H groups in total. The summed E-state index contributed by atoms with van der Waals surface area (Å²) in [6.07, 6.45) is 1.76. The first-order valence-electron chi connectivity index (χ1n) is 5.78. The first-order chi connectivity index (χ1) is 8.56. The Morgan fingerprint density at radius 2 is 2.22 bits per heavy atom. The largest absolute Gasteiger partial charge is 0.383 e. The molecule has 5 heteroatoms. The number of halogens is 1. The zero-order chi connectivity index (χ0) is 13.1. The first kappa shape index (κ1) is 13.0. The molecule has 96 valence electrons. The van der Waals surface area contributed by atoms with E-state index in [9.17, 15) is 4.39 Å². The predicted molar refractivity (Wildman–Crippen MR) is 73.1 cm³/mol. The Labute approximate surface area is 110 Å². The highest BCUT2D eigenvalue weighted by Gasteiger charge is 2.10. The molecule has 0 saturated heterocycles. The maximum absolute atomic E-state index is 13.1. The van der Waals surface area contributed by atoms with Gasteiger partial charge < -0.3 is 5.73 Å². The number of anilines is 1. The Kier molecular flexibility index (Phi) is 3.91. The molecule has 0 radical (unpaired) electrons. The van der Waals surface area contributed by atoms with E-state index >= 15 is 0 Å². The maximum Gasteiger partial charge on any atom is 0.135 e. The highest BCUT2D eigenvalue weighted by molar-refractivity contribution is 8.00. The predicted octanol–water partition coefficient (Wildman–Crippen LogP) is 3.15. The third-order valence-corrected chi connectivity index (χ3v) is 3.47. The minimum Gasteiger partial charge on any atom is -0.383 e. The molecule has 1 aromatic carbocycles. The van der Waals surface area contributed by atoms with E-state index in [4.69, 9.17) is 5.73 Å². The standard InChI is InChI=1S/C13H16FN3S/c1-9(2)18-12-7-16-17(13(12)15)8-10-4-3-5-11(14)6-10/h3-7,9H,8,15H2,1-2H3. The van der Waals surface area contributed by atoms with E-state index < -0.39 is 0 Å². The molecule has 0 aliphatic carbocycles. The van der Waals surface area contributed by atoms with Crippen LogP contribution in [0.25, 0.3) is 0 Å². The number of nitrogen functional groups attached to an aromatic ring is 1. The van der Waals surface area contributed by atoms with Gasteiger partial charge in [-0.15, -0.1) is 11.8 Å². The molecule has 3 nitrogen and oxygen atoms in total. The summed E-state index contributed by atoms with van der Waals surface area (Å²) in [5.41, 5.74) is 6.88. The van der Waals surface area contributed by atoms with Crippen molar-refractivity contribution in [3.8, 4) is 0 Å². The van der Waals surface area contributed by atoms with E-state index in [1.54, 1.807) is 28.7 Å². The number of thioether (sulfide) groups is 1. The molecule has 0 atom stereocenters. The molecule has 0 saturated carbocycles. The summed E-state index contributed by atoms with van der Waals surface area (Å²) in [7, 11) is 0. The van der Waals surface area contributed by atoms with Crippen molar-refractivity contribution in [3.63, 3.8) is 0 Å². The van der Waals surface area contributed by atoms with E-state index in [0.717, 1.165) is 10.5 Å². The summed E-state index contributed by atoms with van der Waals surface area (Å²) >= 11 is 1.68. The lowest BCUT2D eigenvalue weighted by molar-refractivity contribution is 0.620. The Balaban J connectivity index is 2.17. The van der Waals surface area contributed by atoms with Crippen molar-refractivity contribution in [2.24, 2.45) is 0 Å². The van der Waals surface area contributed by atoms with E-state index in [1.165, 1.54) is 12.1 Å². The number of hydrogen-bond donors (Lipinski definition) is 1. The average Bonchev–Trinajstić information content (AvgIpc) is 2.61. The van der Waals surface area contributed by atoms with Crippen LogP contribution in [-0.4, -0.2) is 15.0 Å². The fourth-order valence-corrected chi connectivity index (χ4v) is 2.50. The molecule has 0 bridgehead atoms. The van der Waals surface area contributed by atoms with E-state index in [1.807, 2.05) is 6.07 Å². The number of benzene rings is 1. The van der Waals surface area contributed by atoms with Crippen LogP contribution in [0.4, 0.5) is 10.2 Å². The van der Waals surface area contributed by atoms with Crippen molar-refractivity contribution in [2.45, 2.75) is 30.5 Å². The molecular formula is C13H16FN3S. The zero-order valence-corrected chi connectivity index (χ0v) is 11.2. The van der Waals surface area contributed by atoms with Crippen molar-refractivity contribution in [1.82, 2.24) is 9.78 Å². The number of hydrogen-bond acceptors (Lipinski definition) is 3. The number of rotatable bonds is 4. The molecule has 0 aliphatic heterocycles. The van der Waals surface area contributed by atoms with Gasteiger partial charge in [0.25, 0.3) is 0 Å². The molecule has 18 heavy (non-hydrogen) atoms. The van der Waals surface area contributed by atoms with Crippen LogP contribution in [0.5, 0.6) is 0 Å². The third kappa shape index (κ3) is 3.04. The minimum absolute atomic E-state index is 0.241. The quantitative estimate of drug-likeness (QED) is 0.864. The van der Waals surface area contributed by atoms with Gasteiger partial charge in [0.15, 0.2) is 0 Å². The summed E-state index contributed by atoms with van der Waals surface area (Å²) in [5, 5.41) is 4.70. The lowest BCUT2D eigenvalue weighted by Crippen LogP contribution is -2.06. The maximum atomic E-state index is 13.1. The van der Waals surface area contributed by atoms with Crippen molar-refractivity contribution in [2.75, 3.05) is 5.73 Å². The fraction of sp³-hybridized carbons (Fsp3) is 0.308. The van der Waals surface area contributed by atoms with Gasteiger partial charge in [-0.3, -0.25) is 0 Å². The van der Waals surface area contributed by atoms with Gasteiger partial charge in [-0.25, -0.2) is 9.07 Å². The van der Waals surface area contributed by atoms with Gasteiger partial charge in [0, 0.05) is 5.25 Å². The molecule has 0 unspecified atom stereocenters. The molecule has 0 spiro atoms. The summed E-state index contributed by atoms with van der Waals surface area (Å²) in [6, 6.07) is 6.47. The van der Waals surface area contributed by atoms with Crippen molar-refractivity contribution in [3.05, 3.63) is 41.8 Å². The van der Waals surface area contributed by atoms with Crippen LogP contribution < -0.4 is 5.73 Å². The number of nitrogens with zero attached hydrogens (tertiary/aromatic N) is 2. The average molecular weight is 265 g/mol. The fourth-order valence-electron chi connectivity index (χ4n) is 1.66. The molecule has 0 amide bonds. The van der Waals surface area contributed by atoms with Gasteiger partial charge >= 0.3 is 0 Å². The number of aromatic nitrogens is 2. The second-order valence-electron chi connectivity index (χ2n) is 4.35. The molecule has 1 aromatic heterocycles. The first-order valence-corrected chi connectivity index (χ1v) is 6.66. The molecule has 0 aliphatic rings. The van der Waals surface area contributed by atoms with Crippen molar-refractivity contribution in [1.29, 1.82) is 0 Å². The highest BCUT2D eigenvalue weighted by atomic mass is 32.2. The van der Waals surface area contributed by atoms with Gasteiger partial charge in [-0.05, 0) is 17.7 Å². The normalized spacial score (nSPS) is 11.1. The summed E-state index contributed by atoms with van der Waals surface area (Å²) < 4.78 is 14.8. The van der Waals surface area contributed by atoms with E-state index in [0.29, 0.717) is 17.6 Å². The highest BCUT2D eigenvalue weighted by Crippen LogP contribution is 2.28. The summed E-state index contributed by atoms with van der Waals surface area (Å²) in [5.74, 6) is 0.396. The van der Waals surface area contributed by atoms with Crippen LogP contribution in [0, 0.1) is 5.82 Å². The topological polar surface area (TPSA) is 43.8 Å². The van der Waals surface area contributed by atoms with Crippen LogP contribution in [0.1, 0.15) is 19.4 Å². The SMILES string of the molecule is CC(C)Sc1cnn(Cc2cccc(F)c2)c1N. The van der Waals surface area contributed by atoms with Crippen LogP contribution in [0.15, 0.2) is 35.4 Å². The van der Waals surface area contributed by atoms with Gasteiger partial charge in [0.05, 0.1) is 17.6 Å². The van der Waals surface area contributed by atoms with Crippen LogP contribution in [-0.2, 0) is 6.54 Å². The summed E-state index contributed by atoms with van der Waals surface area (Å²) in [4.78, 5) is 0.974. The molecule has 0 fully saturated rings. The number of nitrogens with two attached hydrogens (primary N) is 1. The van der Waals surface area contributed by atoms with E-state index in [-0.39, 0.29) is 5.82 Å². The molecule has 1 heterocycles. The Hall–Kier alpha value is -1.49. The molecular weight excluding hydrogens is 249 g/mol. The zero-order valence-electron chi connectivity index (χ0n) is 10.4. The van der Waals surface area contributed by atoms with Crippen LogP contribution in [0.2, 0.25) is 0 Å². The minimum atomic E-state index is -0.241. The van der Waals surface area contributed by atoms with Crippen LogP contribution in [0.3, 0.4) is 0 Å². The second kappa shape index (κ2) is 5.44. The molecule has 2 aromatic rings. The van der Waals surface area contributed by atoms with Crippen LogP contribution >= 0.6 is 11.8 Å². The Morgan fingerprint density at radius 3 is 2.89 bits per heavy atom. The van der Waals surface area contributed by atoms with Crippen molar-refractivity contribution >= 4 is 17.6 Å². The third-order valence-electron chi connectivity index (χ3n) is 2.43. The van der Waals surface area contributed by atoms with Gasteiger partial charge in [-0.2, -0.15) is 5.10 Å². The second-order valence-corrected chi connectivity index (χ2v) is 5.97. The Bertz CT molecular complexity index is 537. The van der Waals surface area contributed by atoms with Gasteiger partial charge in [0.2, 0.25) is 0 Å². The monoisotopic (exact) mass is 265 g/mol. The lowest BCUT2D eigenvalue weighted by Gasteiger charge is -2.06. The molecule has 2 rings (SSSR count). The lowest BCUT2D eigenvalue weighted by atomic mass is 10.2. The van der Waals surface area contributed by atoms with E-state index in [2.05, 4.69) is 18.9 Å². The van der Waals surface area contributed by atoms with Crippen molar-refractivity contribution < 1.29 is 4.39 Å². The van der Waals surface area contributed by atoms with Gasteiger partial charge in [0.1, 0.15) is 11.6 Å². The summed E-state index contributed by atoms with van der Waals surface area (Å²) in [6.45, 7) is 4.70. The van der Waals surface area contributed by atoms with Gasteiger partial charge in [-0.1, -0.05) is 26.0 Å². The smallest absolute Gasteiger partial charge is 0.135 e.